The minimum Gasteiger partial charge on any atom is -0.484 e. The Labute approximate surface area is 117 Å². The molecule has 0 bridgehead atoms. The molecule has 0 fully saturated rings. The highest BCUT2D eigenvalue weighted by Gasteiger charge is 2.07. The van der Waals surface area contributed by atoms with E-state index in [-0.39, 0.29) is 18.1 Å². The molecule has 0 spiro atoms. The Kier molecular flexibility index (Phi) is 4.11. The van der Waals surface area contributed by atoms with Crippen LogP contribution in [-0.4, -0.2) is 16.1 Å². The van der Waals surface area contributed by atoms with Gasteiger partial charge in [-0.2, -0.15) is 0 Å². The molecule has 0 aliphatic heterocycles. The van der Waals surface area contributed by atoms with Crippen molar-refractivity contribution >= 4 is 21.9 Å². The third kappa shape index (κ3) is 3.51. The summed E-state index contributed by atoms with van der Waals surface area (Å²) in [6.45, 7) is -0.00546. The van der Waals surface area contributed by atoms with Crippen LogP contribution in [0.15, 0.2) is 40.9 Å². The van der Waals surface area contributed by atoms with Crippen LogP contribution >= 0.6 is 15.9 Å². The lowest BCUT2D eigenvalue weighted by atomic mass is 10.3. The molecule has 19 heavy (non-hydrogen) atoms. The zero-order valence-electron chi connectivity index (χ0n) is 9.64. The number of pyridine rings is 1. The second-order valence-electron chi connectivity index (χ2n) is 3.68. The number of nitrogens with zero attached hydrogens (tertiary/aromatic N) is 1. The van der Waals surface area contributed by atoms with Crippen molar-refractivity contribution in [3.8, 4) is 5.75 Å². The molecule has 0 radical (unpaired) electrons. The number of ether oxygens (including phenoxy) is 1. The Bertz CT molecular complexity index is 619. The van der Waals surface area contributed by atoms with E-state index in [0.29, 0.717) is 10.2 Å². The quantitative estimate of drug-likeness (QED) is 0.937. The first-order valence-electron chi connectivity index (χ1n) is 5.33. The van der Waals surface area contributed by atoms with Crippen LogP contribution < -0.4 is 4.74 Å². The van der Waals surface area contributed by atoms with Gasteiger partial charge in [-0.3, -0.25) is 0 Å². The van der Waals surface area contributed by atoms with Gasteiger partial charge in [0.05, 0.1) is 5.69 Å². The van der Waals surface area contributed by atoms with E-state index in [1.54, 1.807) is 18.2 Å². The number of hydrogen-bond donors (Lipinski definition) is 1. The van der Waals surface area contributed by atoms with E-state index in [9.17, 15) is 9.18 Å². The number of carboxylic acids is 1. The normalized spacial score (nSPS) is 10.2. The average molecular weight is 326 g/mol. The summed E-state index contributed by atoms with van der Waals surface area (Å²) in [5, 5.41) is 8.81. The van der Waals surface area contributed by atoms with Crippen LogP contribution in [0.1, 0.15) is 16.2 Å². The lowest BCUT2D eigenvalue weighted by Gasteiger charge is -2.07. The Morgan fingerprint density at radius 3 is 2.89 bits per heavy atom. The zero-order chi connectivity index (χ0) is 13.8. The summed E-state index contributed by atoms with van der Waals surface area (Å²) >= 11 is 3.21. The second kappa shape index (κ2) is 5.79. The van der Waals surface area contributed by atoms with Crippen molar-refractivity contribution in [2.45, 2.75) is 6.61 Å². The molecule has 0 atom stereocenters. The molecule has 1 N–H and O–H groups in total. The number of aromatic carboxylic acids is 1. The van der Waals surface area contributed by atoms with Crippen molar-refractivity contribution in [2.75, 3.05) is 0 Å². The first-order valence-corrected chi connectivity index (χ1v) is 6.12. The molecular formula is C13H9BrFNO3. The van der Waals surface area contributed by atoms with E-state index in [2.05, 4.69) is 20.9 Å². The van der Waals surface area contributed by atoms with E-state index in [0.717, 1.165) is 0 Å². The van der Waals surface area contributed by atoms with Gasteiger partial charge in [-0.05, 0) is 30.3 Å². The number of carboxylic acid groups (broad SMARTS) is 1. The number of carbonyl (C=O) groups is 1. The molecule has 1 aromatic carbocycles. The molecule has 0 saturated carbocycles. The van der Waals surface area contributed by atoms with Crippen molar-refractivity contribution in [1.29, 1.82) is 0 Å². The number of aromatic nitrogens is 1. The van der Waals surface area contributed by atoms with Gasteiger partial charge in [0, 0.05) is 4.47 Å². The van der Waals surface area contributed by atoms with Gasteiger partial charge >= 0.3 is 5.97 Å². The molecule has 1 heterocycles. The molecule has 1 aromatic heterocycles. The highest BCUT2D eigenvalue weighted by Crippen LogP contribution is 2.22. The predicted octanol–water partition coefficient (Wildman–Crippen LogP) is 3.26. The standard InChI is InChI=1S/C13H9BrFNO3/c14-8-4-5-10(15)12(6-8)19-7-9-2-1-3-11(16-9)13(17)18/h1-6H,7H2,(H,17,18). The summed E-state index contributed by atoms with van der Waals surface area (Å²) in [6.07, 6.45) is 0. The monoisotopic (exact) mass is 325 g/mol. The van der Waals surface area contributed by atoms with Crippen molar-refractivity contribution in [1.82, 2.24) is 4.98 Å². The van der Waals surface area contributed by atoms with Crippen LogP contribution in [0.5, 0.6) is 5.75 Å². The van der Waals surface area contributed by atoms with Gasteiger partial charge < -0.3 is 9.84 Å². The maximum absolute atomic E-state index is 13.4. The number of rotatable bonds is 4. The Morgan fingerprint density at radius 2 is 2.16 bits per heavy atom. The number of hydrogen-bond acceptors (Lipinski definition) is 3. The second-order valence-corrected chi connectivity index (χ2v) is 4.60. The van der Waals surface area contributed by atoms with Crippen molar-refractivity contribution in [2.24, 2.45) is 0 Å². The summed E-state index contributed by atoms with van der Waals surface area (Å²) in [5.74, 6) is -1.52. The molecule has 0 aliphatic carbocycles. The molecule has 6 heteroatoms. The molecule has 98 valence electrons. The molecule has 0 unspecified atom stereocenters. The first kappa shape index (κ1) is 13.5. The molecule has 0 aliphatic rings. The van der Waals surface area contributed by atoms with Crippen molar-refractivity contribution in [3.05, 3.63) is 58.1 Å². The molecule has 2 aromatic rings. The maximum atomic E-state index is 13.4. The van der Waals surface area contributed by atoms with Crippen LogP contribution in [0, 0.1) is 5.82 Å². The fourth-order valence-electron chi connectivity index (χ4n) is 1.42. The third-order valence-electron chi connectivity index (χ3n) is 2.29. The van der Waals surface area contributed by atoms with E-state index in [1.165, 1.54) is 18.2 Å². The van der Waals surface area contributed by atoms with Gasteiger partial charge in [-0.25, -0.2) is 14.2 Å². The van der Waals surface area contributed by atoms with Crippen LogP contribution in [0.4, 0.5) is 4.39 Å². The van der Waals surface area contributed by atoms with E-state index < -0.39 is 11.8 Å². The molecule has 0 amide bonds. The minimum absolute atomic E-state index is 0.00546. The third-order valence-corrected chi connectivity index (χ3v) is 2.79. The summed E-state index contributed by atoms with van der Waals surface area (Å²) < 4.78 is 19.4. The van der Waals surface area contributed by atoms with Crippen molar-refractivity contribution in [3.63, 3.8) is 0 Å². The topological polar surface area (TPSA) is 59.4 Å². The summed E-state index contributed by atoms with van der Waals surface area (Å²) in [5.41, 5.74) is 0.343. The van der Waals surface area contributed by atoms with Crippen LogP contribution in [0.3, 0.4) is 0 Å². The lowest BCUT2D eigenvalue weighted by Crippen LogP contribution is -2.05. The lowest BCUT2D eigenvalue weighted by molar-refractivity contribution is 0.0690. The number of halogens is 2. The fourth-order valence-corrected chi connectivity index (χ4v) is 1.76. The first-order chi connectivity index (χ1) is 9.06. The fraction of sp³-hybridized carbons (Fsp3) is 0.0769. The Morgan fingerprint density at radius 1 is 1.37 bits per heavy atom. The van der Waals surface area contributed by atoms with Crippen molar-refractivity contribution < 1.29 is 19.0 Å². The molecule has 4 nitrogen and oxygen atoms in total. The Hall–Kier alpha value is -1.95. The summed E-state index contributed by atoms with van der Waals surface area (Å²) in [6, 6.07) is 8.89. The van der Waals surface area contributed by atoms with Crippen LogP contribution in [-0.2, 0) is 6.61 Å². The summed E-state index contributed by atoms with van der Waals surface area (Å²) in [7, 11) is 0. The van der Waals surface area contributed by atoms with Gasteiger partial charge in [0.25, 0.3) is 0 Å². The zero-order valence-corrected chi connectivity index (χ0v) is 11.2. The van der Waals surface area contributed by atoms with Gasteiger partial charge in [0.15, 0.2) is 11.6 Å². The largest absolute Gasteiger partial charge is 0.484 e. The molecule has 2 rings (SSSR count). The minimum atomic E-state index is -1.12. The van der Waals surface area contributed by atoms with E-state index >= 15 is 0 Å². The maximum Gasteiger partial charge on any atom is 0.354 e. The van der Waals surface area contributed by atoms with E-state index in [1.807, 2.05) is 0 Å². The smallest absolute Gasteiger partial charge is 0.354 e. The van der Waals surface area contributed by atoms with E-state index in [4.69, 9.17) is 9.84 Å². The Balaban J connectivity index is 2.12. The highest BCUT2D eigenvalue weighted by atomic mass is 79.9. The van der Waals surface area contributed by atoms with Gasteiger partial charge in [-0.1, -0.05) is 22.0 Å². The predicted molar refractivity (Wildman–Crippen MR) is 69.6 cm³/mol. The van der Waals surface area contributed by atoms with Crippen LogP contribution in [0.2, 0.25) is 0 Å². The van der Waals surface area contributed by atoms with Gasteiger partial charge in [0.2, 0.25) is 0 Å². The average Bonchev–Trinajstić information content (AvgIpc) is 2.40. The molecular weight excluding hydrogens is 317 g/mol. The van der Waals surface area contributed by atoms with Gasteiger partial charge in [0.1, 0.15) is 12.3 Å². The summed E-state index contributed by atoms with van der Waals surface area (Å²) in [4.78, 5) is 14.6. The van der Waals surface area contributed by atoms with Gasteiger partial charge in [-0.15, -0.1) is 0 Å². The number of benzene rings is 1. The van der Waals surface area contributed by atoms with Crippen LogP contribution in [0.25, 0.3) is 0 Å². The molecule has 0 saturated heterocycles. The SMILES string of the molecule is O=C(O)c1cccc(COc2cc(Br)ccc2F)n1. The highest BCUT2D eigenvalue weighted by molar-refractivity contribution is 9.10.